The van der Waals surface area contributed by atoms with Crippen molar-refractivity contribution in [2.24, 2.45) is 0 Å². The van der Waals surface area contributed by atoms with Crippen LogP contribution in [0.2, 0.25) is 0 Å². The van der Waals surface area contributed by atoms with E-state index >= 15 is 0 Å². The lowest BCUT2D eigenvalue weighted by Crippen LogP contribution is -2.06. The number of hydrogen-bond donors (Lipinski definition) is 0. The number of alkyl halides is 6. The van der Waals surface area contributed by atoms with Crippen molar-refractivity contribution in [2.45, 2.75) is 12.4 Å². The zero-order chi connectivity index (χ0) is 13.6. The molecular weight excluding hydrogens is 262 g/mol. The minimum absolute atomic E-state index is 1.12. The molecule has 0 aromatic heterocycles. The Kier molecular flexibility index (Phi) is 6.85. The zero-order valence-electron chi connectivity index (χ0n) is 6.93. The number of rotatable bonds is 0. The number of hydrogen-bond acceptors (Lipinski definition) is 0. The molecule has 0 spiro atoms. The summed E-state index contributed by atoms with van der Waals surface area (Å²) >= 11 is 0. The van der Waals surface area contributed by atoms with Crippen LogP contribution in [0.5, 0.6) is 0 Å². The molecule has 0 aliphatic rings. The van der Waals surface area contributed by atoms with Crippen molar-refractivity contribution >= 4 is 0 Å². The summed E-state index contributed by atoms with van der Waals surface area (Å²) in [5.41, 5.74) is 0. The van der Waals surface area contributed by atoms with Crippen molar-refractivity contribution in [2.75, 3.05) is 0 Å². The van der Waals surface area contributed by atoms with Gasteiger partial charge in [0.15, 0.2) is 0 Å². The Balaban J connectivity index is 0. The van der Waals surface area contributed by atoms with Crippen LogP contribution in [0.1, 0.15) is 0 Å². The lowest BCUT2D eigenvalue weighted by Gasteiger charge is -1.97. The van der Waals surface area contributed by atoms with E-state index in [2.05, 4.69) is 0 Å². The van der Waals surface area contributed by atoms with E-state index in [1.54, 1.807) is 0 Å². The molecule has 0 saturated carbocycles. The van der Waals surface area contributed by atoms with Crippen molar-refractivity contribution in [3.8, 4) is 0 Å². The maximum Gasteiger partial charge on any atom is 0.445 e. The summed E-state index contributed by atoms with van der Waals surface area (Å²) in [4.78, 5) is 0. The first-order chi connectivity index (χ1) is 6.96. The van der Waals surface area contributed by atoms with Gasteiger partial charge in [-0.15, -0.1) is 0 Å². The van der Waals surface area contributed by atoms with E-state index in [4.69, 9.17) is 0 Å². The second-order valence-electron chi connectivity index (χ2n) is 1.91. The summed E-state index contributed by atoms with van der Waals surface area (Å²) < 4.78 is 108. The standard InChI is InChI=1S/2C3HF5/c2*4-1-2(5)3(6,7)8/h2*1H. The van der Waals surface area contributed by atoms with Gasteiger partial charge in [-0.25, -0.2) is 8.78 Å². The van der Waals surface area contributed by atoms with Crippen LogP contribution in [0.25, 0.3) is 0 Å². The van der Waals surface area contributed by atoms with Crippen LogP contribution in [0.4, 0.5) is 43.9 Å². The van der Waals surface area contributed by atoms with Crippen LogP contribution in [0.3, 0.4) is 0 Å². The molecule has 0 amide bonds. The van der Waals surface area contributed by atoms with Crippen LogP contribution in [-0.2, 0) is 0 Å². The Morgan fingerprint density at radius 1 is 0.625 bits per heavy atom. The molecule has 0 atom stereocenters. The third-order valence-electron chi connectivity index (χ3n) is 0.733. The second kappa shape index (κ2) is 6.38. The van der Waals surface area contributed by atoms with Gasteiger partial charge in [0.05, 0.1) is 0 Å². The van der Waals surface area contributed by atoms with E-state index in [9.17, 15) is 43.9 Å². The maximum atomic E-state index is 11.0. The van der Waals surface area contributed by atoms with E-state index in [1.807, 2.05) is 0 Å². The molecule has 0 saturated heterocycles. The van der Waals surface area contributed by atoms with Crippen molar-refractivity contribution in [1.82, 2.24) is 0 Å². The van der Waals surface area contributed by atoms with Crippen LogP contribution in [0, 0.1) is 0 Å². The summed E-state index contributed by atoms with van der Waals surface area (Å²) in [6.07, 6.45) is -12.6. The summed E-state index contributed by atoms with van der Waals surface area (Å²) in [7, 11) is 0. The van der Waals surface area contributed by atoms with Crippen LogP contribution < -0.4 is 0 Å². The number of allylic oxidation sites excluding steroid dienone is 2. The Labute approximate surface area is 81.8 Å². The lowest BCUT2D eigenvalue weighted by atomic mass is 10.6. The van der Waals surface area contributed by atoms with Crippen molar-refractivity contribution in [1.29, 1.82) is 0 Å². The smallest absolute Gasteiger partial charge is 0.212 e. The molecule has 96 valence electrons. The molecule has 0 rings (SSSR count). The third-order valence-corrected chi connectivity index (χ3v) is 0.733. The molecule has 0 N–H and O–H groups in total. The molecule has 0 heterocycles. The lowest BCUT2D eigenvalue weighted by molar-refractivity contribution is -0.110. The summed E-state index contributed by atoms with van der Waals surface area (Å²) in [5.74, 6) is -5.42. The van der Waals surface area contributed by atoms with Gasteiger partial charge in [-0.3, -0.25) is 0 Å². The molecule has 10 heteroatoms. The monoisotopic (exact) mass is 264 g/mol. The van der Waals surface area contributed by atoms with Gasteiger partial charge < -0.3 is 0 Å². The van der Waals surface area contributed by atoms with E-state index in [1.165, 1.54) is 0 Å². The van der Waals surface area contributed by atoms with Gasteiger partial charge in [0.2, 0.25) is 11.7 Å². The predicted octanol–water partition coefficient (Wildman–Crippen LogP) is 4.66. The Hall–Kier alpha value is -1.22. The Bertz CT molecular complexity index is 225. The largest absolute Gasteiger partial charge is 0.445 e. The highest BCUT2D eigenvalue weighted by Crippen LogP contribution is 2.26. The molecule has 0 radical (unpaired) electrons. The minimum atomic E-state index is -5.17. The molecule has 0 aliphatic heterocycles. The summed E-state index contributed by atoms with van der Waals surface area (Å²) in [6, 6.07) is 0. The fourth-order valence-corrected chi connectivity index (χ4v) is 0.124. The Morgan fingerprint density at radius 3 is 0.812 bits per heavy atom. The quantitative estimate of drug-likeness (QED) is 0.558. The topological polar surface area (TPSA) is 0 Å². The average Bonchev–Trinajstić information content (AvgIpc) is 2.13. The van der Waals surface area contributed by atoms with Gasteiger partial charge in [0, 0.05) is 0 Å². The zero-order valence-corrected chi connectivity index (χ0v) is 6.93. The molecule has 0 aromatic rings. The van der Waals surface area contributed by atoms with E-state index < -0.39 is 36.7 Å². The number of halogens is 10. The molecule has 0 unspecified atom stereocenters. The SMILES string of the molecule is FC=C(F)C(F)(F)F.FC=C(F)C(F)(F)F. The van der Waals surface area contributed by atoms with Crippen molar-refractivity contribution < 1.29 is 43.9 Å². The first-order valence-electron chi connectivity index (χ1n) is 3.03. The molecule has 0 aliphatic carbocycles. The normalized spacial score (nSPS) is 14.4. The second-order valence-corrected chi connectivity index (χ2v) is 1.91. The molecule has 16 heavy (non-hydrogen) atoms. The molecule has 0 bridgehead atoms. The molecular formula is C6H2F10. The average molecular weight is 264 g/mol. The van der Waals surface area contributed by atoms with E-state index in [-0.39, 0.29) is 0 Å². The molecule has 0 aromatic carbocycles. The summed E-state index contributed by atoms with van der Waals surface area (Å²) in [6.45, 7) is 0. The third kappa shape index (κ3) is 8.12. The van der Waals surface area contributed by atoms with Gasteiger partial charge in [-0.05, 0) is 0 Å². The fourth-order valence-electron chi connectivity index (χ4n) is 0.124. The highest BCUT2D eigenvalue weighted by molar-refractivity contribution is 4.93. The molecule has 0 nitrogen and oxygen atoms in total. The van der Waals surface area contributed by atoms with E-state index in [0.717, 1.165) is 0 Å². The van der Waals surface area contributed by atoms with Gasteiger partial charge in [-0.2, -0.15) is 35.1 Å². The summed E-state index contributed by atoms with van der Waals surface area (Å²) in [5, 5.41) is 0. The molecule has 0 fully saturated rings. The first-order valence-corrected chi connectivity index (χ1v) is 3.03. The fraction of sp³-hybridized carbons (Fsp3) is 0.333. The van der Waals surface area contributed by atoms with Crippen LogP contribution in [-0.4, -0.2) is 12.4 Å². The van der Waals surface area contributed by atoms with Gasteiger partial charge in [-0.1, -0.05) is 0 Å². The predicted molar refractivity (Wildman–Crippen MR) is 32.7 cm³/mol. The maximum absolute atomic E-state index is 11.0. The van der Waals surface area contributed by atoms with Crippen molar-refractivity contribution in [3.63, 3.8) is 0 Å². The minimum Gasteiger partial charge on any atom is -0.212 e. The Morgan fingerprint density at radius 2 is 0.812 bits per heavy atom. The van der Waals surface area contributed by atoms with Crippen LogP contribution in [0.15, 0.2) is 24.3 Å². The first kappa shape index (κ1) is 17.2. The van der Waals surface area contributed by atoms with Gasteiger partial charge in [0.1, 0.15) is 12.7 Å². The van der Waals surface area contributed by atoms with Crippen LogP contribution >= 0.6 is 0 Å². The van der Waals surface area contributed by atoms with Gasteiger partial charge >= 0.3 is 12.4 Å². The van der Waals surface area contributed by atoms with Crippen molar-refractivity contribution in [3.05, 3.63) is 24.3 Å². The van der Waals surface area contributed by atoms with E-state index in [0.29, 0.717) is 0 Å². The van der Waals surface area contributed by atoms with Gasteiger partial charge in [0.25, 0.3) is 0 Å². The highest BCUT2D eigenvalue weighted by Gasteiger charge is 2.35. The highest BCUT2D eigenvalue weighted by atomic mass is 19.4.